The normalized spacial score (nSPS) is 11.1. The number of hydrogen-bond acceptors (Lipinski definition) is 6. The molecule has 9 heteroatoms. The minimum Gasteiger partial charge on any atom is -0.478 e. The highest BCUT2D eigenvalue weighted by Crippen LogP contribution is 2.21. The second-order valence-electron chi connectivity index (χ2n) is 5.98. The lowest BCUT2D eigenvalue weighted by Crippen LogP contribution is -2.17. The largest absolute Gasteiger partial charge is 0.478 e. The Morgan fingerprint density at radius 1 is 1.11 bits per heavy atom. The Kier molecular flexibility index (Phi) is 11.3. The highest BCUT2D eigenvalue weighted by molar-refractivity contribution is 7.80. The van der Waals surface area contributed by atoms with E-state index in [-0.39, 0.29) is 0 Å². The van der Waals surface area contributed by atoms with Crippen LogP contribution in [0.5, 0.6) is 5.88 Å². The second-order valence-corrected chi connectivity index (χ2v) is 7.32. The molecule has 0 saturated carbocycles. The van der Waals surface area contributed by atoms with Crippen LogP contribution in [0.25, 0.3) is 10.9 Å². The molecule has 0 amide bonds. The molecule has 7 nitrogen and oxygen atoms in total. The summed E-state index contributed by atoms with van der Waals surface area (Å²) in [6.07, 6.45) is 4.75. The first-order valence-corrected chi connectivity index (χ1v) is 10.8. The summed E-state index contributed by atoms with van der Waals surface area (Å²) < 4.78 is 37.4. The van der Waals surface area contributed by atoms with Gasteiger partial charge < -0.3 is 10.1 Å². The van der Waals surface area contributed by atoms with E-state index < -0.39 is 10.4 Å². The van der Waals surface area contributed by atoms with Crippen LogP contribution in [0.2, 0.25) is 0 Å². The van der Waals surface area contributed by atoms with Crippen LogP contribution < -0.4 is 10.1 Å². The van der Waals surface area contributed by atoms with Crippen LogP contribution >= 0.6 is 12.6 Å². The van der Waals surface area contributed by atoms with Crippen LogP contribution in [0.3, 0.4) is 0 Å². The van der Waals surface area contributed by atoms with Crippen LogP contribution in [-0.2, 0) is 10.4 Å². The molecule has 152 valence electrons. The fourth-order valence-corrected chi connectivity index (χ4v) is 2.64. The number of hydrogen-bond donors (Lipinski definition) is 4. The Labute approximate surface area is 166 Å². The Morgan fingerprint density at radius 2 is 1.78 bits per heavy atom. The molecule has 27 heavy (non-hydrogen) atoms. The van der Waals surface area contributed by atoms with Gasteiger partial charge in [0.15, 0.2) is 0 Å². The Balaban J connectivity index is 0.000000646. The van der Waals surface area contributed by atoms with Gasteiger partial charge in [-0.05, 0) is 37.9 Å². The maximum absolute atomic E-state index is 8.74. The summed E-state index contributed by atoms with van der Waals surface area (Å²) in [6, 6.07) is 10.2. The molecule has 0 spiro atoms. The lowest BCUT2D eigenvalue weighted by Gasteiger charge is -2.08. The van der Waals surface area contributed by atoms with Crippen molar-refractivity contribution in [3.05, 3.63) is 35.9 Å². The van der Waals surface area contributed by atoms with Gasteiger partial charge >= 0.3 is 10.4 Å². The van der Waals surface area contributed by atoms with Gasteiger partial charge in [0.25, 0.3) is 0 Å². The lowest BCUT2D eigenvalue weighted by atomic mass is 10.1. The average Bonchev–Trinajstić information content (AvgIpc) is 2.59. The molecular formula is C18H28N2O5S2. The third-order valence-corrected chi connectivity index (χ3v) is 3.91. The van der Waals surface area contributed by atoms with Gasteiger partial charge in [0.05, 0.1) is 12.1 Å². The molecule has 0 saturated heterocycles. The number of nitrogens with zero attached hydrogens (tertiary/aromatic N) is 1. The van der Waals surface area contributed by atoms with Crippen LogP contribution in [0.4, 0.5) is 0 Å². The molecule has 3 N–H and O–H groups in total. The summed E-state index contributed by atoms with van der Waals surface area (Å²) in [5.41, 5.74) is 2.23. The van der Waals surface area contributed by atoms with Gasteiger partial charge in [-0.3, -0.25) is 9.11 Å². The van der Waals surface area contributed by atoms with Gasteiger partial charge in [-0.2, -0.15) is 21.0 Å². The highest BCUT2D eigenvalue weighted by Gasteiger charge is 2.02. The van der Waals surface area contributed by atoms with Gasteiger partial charge in [-0.1, -0.05) is 31.0 Å². The molecule has 0 aliphatic carbocycles. The number of fused-ring (bicyclic) bond motifs is 1. The van der Waals surface area contributed by atoms with Gasteiger partial charge in [0.1, 0.15) is 0 Å². The van der Waals surface area contributed by atoms with Crippen molar-refractivity contribution < 1.29 is 22.3 Å². The number of rotatable bonds is 10. The Hall–Kier alpha value is -1.39. The maximum Gasteiger partial charge on any atom is 0.394 e. The predicted molar refractivity (Wildman–Crippen MR) is 111 cm³/mol. The van der Waals surface area contributed by atoms with E-state index in [0.717, 1.165) is 43.3 Å². The zero-order chi connectivity index (χ0) is 20.1. The van der Waals surface area contributed by atoms with Crippen molar-refractivity contribution in [2.75, 3.05) is 25.4 Å². The average molecular weight is 417 g/mol. The van der Waals surface area contributed by atoms with E-state index in [9.17, 15) is 0 Å². The summed E-state index contributed by atoms with van der Waals surface area (Å²) in [4.78, 5) is 4.56. The van der Waals surface area contributed by atoms with E-state index >= 15 is 0 Å². The molecule has 2 rings (SSSR count). The molecular weight excluding hydrogens is 388 g/mol. The highest BCUT2D eigenvalue weighted by atomic mass is 32.3. The molecule has 0 atom stereocenters. The molecule has 0 bridgehead atoms. The fourth-order valence-electron chi connectivity index (χ4n) is 2.48. The quantitative estimate of drug-likeness (QED) is 0.267. The van der Waals surface area contributed by atoms with Gasteiger partial charge in [0, 0.05) is 23.8 Å². The summed E-state index contributed by atoms with van der Waals surface area (Å²) in [5, 5.41) is 4.56. The van der Waals surface area contributed by atoms with Crippen molar-refractivity contribution >= 4 is 33.9 Å². The van der Waals surface area contributed by atoms with E-state index in [1.165, 1.54) is 30.2 Å². The first-order chi connectivity index (χ1) is 12.8. The number of aromatic nitrogens is 1. The van der Waals surface area contributed by atoms with Crippen molar-refractivity contribution in [2.45, 2.75) is 32.6 Å². The number of pyridine rings is 1. The Morgan fingerprint density at radius 3 is 2.48 bits per heavy atom. The first kappa shape index (κ1) is 23.6. The minimum atomic E-state index is -4.67. The standard InChI is InChI=1S/C18H26N2OS.H2O4S/c1-15-14-18(20-17-9-5-4-8-16(15)17)21-12-7-3-2-6-10-19-11-13-22;1-5(2,3)4/h4-5,8-9,14,19,22H,2-3,6-7,10-13H2,1H3;(H2,1,2,3,4). The molecule has 0 fully saturated rings. The van der Waals surface area contributed by atoms with E-state index in [4.69, 9.17) is 22.3 Å². The number of thiol groups is 1. The zero-order valence-corrected chi connectivity index (χ0v) is 17.2. The number of benzene rings is 1. The molecule has 0 radical (unpaired) electrons. The molecule has 1 heterocycles. The van der Waals surface area contributed by atoms with Gasteiger partial charge in [0.2, 0.25) is 5.88 Å². The van der Waals surface area contributed by atoms with Crippen molar-refractivity contribution in [2.24, 2.45) is 0 Å². The van der Waals surface area contributed by atoms with Crippen LogP contribution in [0.1, 0.15) is 31.2 Å². The second kappa shape index (κ2) is 12.9. The fraction of sp³-hybridized carbons (Fsp3) is 0.500. The number of para-hydroxylation sites is 1. The van der Waals surface area contributed by atoms with Gasteiger partial charge in [-0.25, -0.2) is 4.98 Å². The summed E-state index contributed by atoms with van der Waals surface area (Å²) in [5.74, 6) is 1.65. The van der Waals surface area contributed by atoms with Crippen molar-refractivity contribution in [1.29, 1.82) is 0 Å². The lowest BCUT2D eigenvalue weighted by molar-refractivity contribution is 0.294. The number of nitrogens with one attached hydrogen (secondary N) is 1. The van der Waals surface area contributed by atoms with Crippen LogP contribution in [0.15, 0.2) is 30.3 Å². The maximum atomic E-state index is 8.74. The van der Waals surface area contributed by atoms with E-state index in [2.05, 4.69) is 35.9 Å². The molecule has 0 aliphatic rings. The zero-order valence-electron chi connectivity index (χ0n) is 15.5. The molecule has 0 unspecified atom stereocenters. The molecule has 0 aliphatic heterocycles. The van der Waals surface area contributed by atoms with Gasteiger partial charge in [-0.15, -0.1) is 0 Å². The van der Waals surface area contributed by atoms with Crippen molar-refractivity contribution in [3.8, 4) is 5.88 Å². The van der Waals surface area contributed by atoms with E-state index in [0.29, 0.717) is 0 Å². The van der Waals surface area contributed by atoms with Crippen molar-refractivity contribution in [1.82, 2.24) is 10.3 Å². The van der Waals surface area contributed by atoms with Crippen LogP contribution in [0, 0.1) is 6.92 Å². The first-order valence-electron chi connectivity index (χ1n) is 8.82. The summed E-state index contributed by atoms with van der Waals surface area (Å²) in [6.45, 7) is 4.94. The van der Waals surface area contributed by atoms with E-state index in [1.54, 1.807) is 0 Å². The molecule has 1 aromatic heterocycles. The SMILES string of the molecule is Cc1cc(OCCCCCCNCCS)nc2ccccc12.O=S(=O)(O)O. The minimum absolute atomic E-state index is 0.742. The third-order valence-electron chi connectivity index (χ3n) is 3.69. The third kappa shape index (κ3) is 11.8. The summed E-state index contributed by atoms with van der Waals surface area (Å²) >= 11 is 4.17. The number of aryl methyl sites for hydroxylation is 1. The number of ether oxygens (including phenoxy) is 1. The molecule has 2 aromatic rings. The Bertz CT molecular complexity index is 776. The predicted octanol–water partition coefficient (Wildman–Crippen LogP) is 3.35. The number of unbranched alkanes of at least 4 members (excludes halogenated alkanes) is 3. The summed E-state index contributed by atoms with van der Waals surface area (Å²) in [7, 11) is -4.67. The van der Waals surface area contributed by atoms with E-state index in [1.807, 2.05) is 24.3 Å². The van der Waals surface area contributed by atoms with Crippen LogP contribution in [-0.4, -0.2) is 48.0 Å². The smallest absolute Gasteiger partial charge is 0.394 e. The molecule has 1 aromatic carbocycles. The van der Waals surface area contributed by atoms with Crippen molar-refractivity contribution in [3.63, 3.8) is 0 Å². The topological polar surface area (TPSA) is 109 Å². The monoisotopic (exact) mass is 416 g/mol.